The summed E-state index contributed by atoms with van der Waals surface area (Å²) in [5.74, 6) is 1.34. The fourth-order valence-electron chi connectivity index (χ4n) is 2.10. The Morgan fingerprint density at radius 1 is 1.27 bits per heavy atom. The number of rotatable bonds is 0. The van der Waals surface area contributed by atoms with Gasteiger partial charge in [0.15, 0.2) is 0 Å². The van der Waals surface area contributed by atoms with Crippen molar-refractivity contribution in [1.82, 2.24) is 4.90 Å². The van der Waals surface area contributed by atoms with Crippen LogP contribution >= 0.6 is 0 Å². The number of piperidine rings is 1. The van der Waals surface area contributed by atoms with Gasteiger partial charge in [0.05, 0.1) is 12.0 Å². The summed E-state index contributed by atoms with van der Waals surface area (Å²) in [4.78, 5) is 2.31. The monoisotopic (exact) mass is 152 g/mol. The molecule has 0 aliphatic carbocycles. The van der Waals surface area contributed by atoms with Gasteiger partial charge in [0.2, 0.25) is 0 Å². The van der Waals surface area contributed by atoms with E-state index >= 15 is 0 Å². The zero-order valence-electron chi connectivity index (χ0n) is 7.54. The zero-order valence-corrected chi connectivity index (χ0v) is 7.54. The molecule has 0 amide bonds. The van der Waals surface area contributed by atoms with E-state index in [1.54, 1.807) is 0 Å². The van der Waals surface area contributed by atoms with Crippen molar-refractivity contribution in [2.75, 3.05) is 20.1 Å². The Morgan fingerprint density at radius 3 is 2.09 bits per heavy atom. The predicted octanol–water partition coefficient (Wildman–Crippen LogP) is 1.34. The largest absolute Gasteiger partial charge is 0.306 e. The van der Waals surface area contributed by atoms with Gasteiger partial charge < -0.3 is 4.90 Å². The predicted molar refractivity (Wildman–Crippen MR) is 44.9 cm³/mol. The van der Waals surface area contributed by atoms with Crippen molar-refractivity contribution >= 4 is 0 Å². The van der Waals surface area contributed by atoms with Crippen LogP contribution in [0.25, 0.3) is 0 Å². The number of hydrogen-bond donors (Lipinski definition) is 0. The molecule has 11 heavy (non-hydrogen) atoms. The summed E-state index contributed by atoms with van der Waals surface area (Å²) in [6.07, 6.45) is 0. The SMILES string of the molecule is CC1CN(C)CC(C)C1C#N. The summed E-state index contributed by atoms with van der Waals surface area (Å²) in [5.41, 5.74) is 0. The maximum absolute atomic E-state index is 8.85. The molecule has 0 aromatic heterocycles. The summed E-state index contributed by atoms with van der Waals surface area (Å²) in [6, 6.07) is 2.40. The van der Waals surface area contributed by atoms with Crippen LogP contribution in [0.5, 0.6) is 0 Å². The van der Waals surface area contributed by atoms with Crippen LogP contribution in [0, 0.1) is 29.1 Å². The van der Waals surface area contributed by atoms with Crippen LogP contribution in [0.15, 0.2) is 0 Å². The third-order valence-electron chi connectivity index (χ3n) is 2.57. The van der Waals surface area contributed by atoms with Crippen molar-refractivity contribution in [1.29, 1.82) is 5.26 Å². The Hall–Kier alpha value is -0.550. The van der Waals surface area contributed by atoms with Crippen molar-refractivity contribution in [3.05, 3.63) is 0 Å². The second-order valence-electron chi connectivity index (χ2n) is 3.83. The number of nitriles is 1. The van der Waals surface area contributed by atoms with E-state index in [0.29, 0.717) is 11.8 Å². The molecule has 1 rings (SSSR count). The van der Waals surface area contributed by atoms with Crippen LogP contribution in [0.4, 0.5) is 0 Å². The highest BCUT2D eigenvalue weighted by atomic mass is 15.1. The molecule has 2 heteroatoms. The lowest BCUT2D eigenvalue weighted by atomic mass is 9.81. The average molecular weight is 152 g/mol. The Balaban J connectivity index is 2.61. The molecule has 0 aromatic rings. The fourth-order valence-corrected chi connectivity index (χ4v) is 2.10. The number of likely N-dealkylation sites (tertiary alicyclic amines) is 1. The first-order chi connectivity index (χ1) is 5.15. The molecule has 2 atom stereocenters. The minimum absolute atomic E-state index is 0.270. The smallest absolute Gasteiger partial charge is 0.0662 e. The lowest BCUT2D eigenvalue weighted by Crippen LogP contribution is -2.41. The molecule has 0 N–H and O–H groups in total. The summed E-state index contributed by atoms with van der Waals surface area (Å²) < 4.78 is 0. The van der Waals surface area contributed by atoms with Gasteiger partial charge in [-0.25, -0.2) is 0 Å². The zero-order chi connectivity index (χ0) is 8.43. The highest BCUT2D eigenvalue weighted by molar-refractivity contribution is 4.94. The highest BCUT2D eigenvalue weighted by Gasteiger charge is 2.29. The van der Waals surface area contributed by atoms with Gasteiger partial charge in [0.1, 0.15) is 0 Å². The first-order valence-corrected chi connectivity index (χ1v) is 4.23. The van der Waals surface area contributed by atoms with Crippen molar-refractivity contribution in [3.63, 3.8) is 0 Å². The van der Waals surface area contributed by atoms with Crippen LogP contribution in [0.1, 0.15) is 13.8 Å². The molecule has 1 aliphatic rings. The van der Waals surface area contributed by atoms with Crippen molar-refractivity contribution in [2.24, 2.45) is 17.8 Å². The summed E-state index contributed by atoms with van der Waals surface area (Å²) in [6.45, 7) is 6.48. The Bertz CT molecular complexity index is 159. The van der Waals surface area contributed by atoms with E-state index in [1.807, 2.05) is 0 Å². The van der Waals surface area contributed by atoms with Gasteiger partial charge >= 0.3 is 0 Å². The van der Waals surface area contributed by atoms with Crippen LogP contribution in [-0.4, -0.2) is 25.0 Å². The van der Waals surface area contributed by atoms with Crippen molar-refractivity contribution in [2.45, 2.75) is 13.8 Å². The molecule has 0 aromatic carbocycles. The van der Waals surface area contributed by atoms with E-state index in [4.69, 9.17) is 5.26 Å². The second kappa shape index (κ2) is 3.23. The third kappa shape index (κ3) is 1.72. The standard InChI is InChI=1S/C9H16N2/c1-7-5-11(3)6-8(2)9(7)4-10/h7-9H,5-6H2,1-3H3. The maximum Gasteiger partial charge on any atom is 0.0662 e. The molecule has 2 nitrogen and oxygen atoms in total. The van der Waals surface area contributed by atoms with Crippen LogP contribution in [-0.2, 0) is 0 Å². The molecule has 1 aliphatic heterocycles. The van der Waals surface area contributed by atoms with Gasteiger partial charge in [-0.05, 0) is 18.9 Å². The van der Waals surface area contributed by atoms with Crippen LogP contribution < -0.4 is 0 Å². The molecule has 2 unspecified atom stereocenters. The van der Waals surface area contributed by atoms with Crippen LogP contribution in [0.2, 0.25) is 0 Å². The minimum atomic E-state index is 0.270. The van der Waals surface area contributed by atoms with Gasteiger partial charge in [-0.1, -0.05) is 13.8 Å². The van der Waals surface area contributed by atoms with Crippen molar-refractivity contribution < 1.29 is 0 Å². The molecule has 1 saturated heterocycles. The highest BCUT2D eigenvalue weighted by Crippen LogP contribution is 2.26. The Morgan fingerprint density at radius 2 is 1.73 bits per heavy atom. The van der Waals surface area contributed by atoms with E-state index in [2.05, 4.69) is 31.9 Å². The Kier molecular flexibility index (Phi) is 2.51. The van der Waals surface area contributed by atoms with E-state index in [9.17, 15) is 0 Å². The van der Waals surface area contributed by atoms with E-state index < -0.39 is 0 Å². The molecule has 0 saturated carbocycles. The average Bonchev–Trinajstić information content (AvgIpc) is 1.85. The summed E-state index contributed by atoms with van der Waals surface area (Å²) in [5, 5.41) is 8.85. The van der Waals surface area contributed by atoms with Gasteiger partial charge in [-0.2, -0.15) is 5.26 Å². The molecule has 0 radical (unpaired) electrons. The van der Waals surface area contributed by atoms with Gasteiger partial charge in [-0.3, -0.25) is 0 Å². The second-order valence-corrected chi connectivity index (χ2v) is 3.83. The van der Waals surface area contributed by atoms with Gasteiger partial charge in [0.25, 0.3) is 0 Å². The molecule has 0 bridgehead atoms. The first-order valence-electron chi connectivity index (χ1n) is 4.23. The quantitative estimate of drug-likeness (QED) is 0.524. The lowest BCUT2D eigenvalue weighted by molar-refractivity contribution is 0.130. The first kappa shape index (κ1) is 8.55. The minimum Gasteiger partial charge on any atom is -0.306 e. The number of hydrogen-bond acceptors (Lipinski definition) is 2. The van der Waals surface area contributed by atoms with Gasteiger partial charge in [-0.15, -0.1) is 0 Å². The summed E-state index contributed by atoms with van der Waals surface area (Å²) in [7, 11) is 2.13. The lowest BCUT2D eigenvalue weighted by Gasteiger charge is -2.35. The normalized spacial score (nSPS) is 40.0. The van der Waals surface area contributed by atoms with Crippen molar-refractivity contribution in [3.8, 4) is 6.07 Å². The molecule has 62 valence electrons. The van der Waals surface area contributed by atoms with E-state index in [1.165, 1.54) is 0 Å². The number of nitrogens with zero attached hydrogens (tertiary/aromatic N) is 2. The molecule has 1 heterocycles. The maximum atomic E-state index is 8.85. The molecule has 0 spiro atoms. The molecular formula is C9H16N2. The van der Waals surface area contributed by atoms with Gasteiger partial charge in [0, 0.05) is 13.1 Å². The van der Waals surface area contributed by atoms with E-state index in [-0.39, 0.29) is 5.92 Å². The van der Waals surface area contributed by atoms with Crippen LogP contribution in [0.3, 0.4) is 0 Å². The molecular weight excluding hydrogens is 136 g/mol. The third-order valence-corrected chi connectivity index (χ3v) is 2.57. The molecule has 1 fully saturated rings. The summed E-state index contributed by atoms with van der Waals surface area (Å²) >= 11 is 0. The van der Waals surface area contributed by atoms with E-state index in [0.717, 1.165) is 13.1 Å². The Labute approximate surface area is 68.8 Å². The topological polar surface area (TPSA) is 27.0 Å². The fraction of sp³-hybridized carbons (Fsp3) is 0.889.